The van der Waals surface area contributed by atoms with Gasteiger partial charge in [0.2, 0.25) is 11.8 Å². The molecule has 4 aliphatic carbocycles. The van der Waals surface area contributed by atoms with E-state index in [2.05, 4.69) is 22.8 Å². The van der Waals surface area contributed by atoms with E-state index < -0.39 is 6.04 Å². The van der Waals surface area contributed by atoms with E-state index in [0.29, 0.717) is 5.41 Å². The van der Waals surface area contributed by atoms with E-state index in [1.165, 1.54) is 51.0 Å². The first-order chi connectivity index (χ1) is 11.9. The molecule has 1 aromatic rings. The van der Waals surface area contributed by atoms with Gasteiger partial charge in [0.1, 0.15) is 6.04 Å². The summed E-state index contributed by atoms with van der Waals surface area (Å²) in [5, 5.41) is 5.51. The Labute approximate surface area is 149 Å². The summed E-state index contributed by atoms with van der Waals surface area (Å²) in [6, 6.07) is 7.94. The van der Waals surface area contributed by atoms with Crippen LogP contribution in [0.3, 0.4) is 0 Å². The van der Waals surface area contributed by atoms with Crippen molar-refractivity contribution in [1.82, 2.24) is 5.32 Å². The van der Waals surface area contributed by atoms with E-state index in [9.17, 15) is 9.59 Å². The largest absolute Gasteiger partial charge is 0.345 e. The first-order valence-corrected chi connectivity index (χ1v) is 9.62. The number of amides is 2. The molecule has 4 fully saturated rings. The van der Waals surface area contributed by atoms with Crippen molar-refractivity contribution in [2.75, 3.05) is 5.32 Å². The molecule has 4 heteroatoms. The lowest BCUT2D eigenvalue weighted by atomic mass is 9.48. The average molecular weight is 340 g/mol. The van der Waals surface area contributed by atoms with Crippen LogP contribution in [0.2, 0.25) is 0 Å². The monoisotopic (exact) mass is 340 g/mol. The second-order valence-corrected chi connectivity index (χ2v) is 8.69. The van der Waals surface area contributed by atoms with Gasteiger partial charge in [-0.25, -0.2) is 0 Å². The van der Waals surface area contributed by atoms with Gasteiger partial charge in [-0.3, -0.25) is 9.59 Å². The molecule has 2 N–H and O–H groups in total. The molecule has 0 aromatic heterocycles. The molecule has 0 radical (unpaired) electrons. The second-order valence-electron chi connectivity index (χ2n) is 8.69. The van der Waals surface area contributed by atoms with Crippen LogP contribution in [0.15, 0.2) is 24.3 Å². The van der Waals surface area contributed by atoms with Gasteiger partial charge in [0.15, 0.2) is 0 Å². The van der Waals surface area contributed by atoms with Crippen LogP contribution in [0, 0.1) is 17.8 Å². The van der Waals surface area contributed by atoms with Crippen LogP contribution >= 0.6 is 0 Å². The van der Waals surface area contributed by atoms with Gasteiger partial charge in [-0.15, -0.1) is 0 Å². The predicted molar refractivity (Wildman–Crippen MR) is 98.2 cm³/mol. The fourth-order valence-corrected chi connectivity index (χ4v) is 5.99. The molecular weight excluding hydrogens is 312 g/mol. The molecule has 1 aromatic carbocycles. The zero-order chi connectivity index (χ0) is 17.6. The minimum Gasteiger partial charge on any atom is -0.345 e. The molecule has 1 atom stereocenters. The highest BCUT2D eigenvalue weighted by molar-refractivity contribution is 5.96. The van der Waals surface area contributed by atoms with Crippen molar-refractivity contribution in [3.63, 3.8) is 0 Å². The van der Waals surface area contributed by atoms with Gasteiger partial charge in [-0.05, 0) is 86.3 Å². The Bertz CT molecular complexity index is 644. The van der Waals surface area contributed by atoms with Crippen molar-refractivity contribution in [2.24, 2.45) is 17.8 Å². The molecular formula is C21H28N2O2. The molecule has 4 bridgehead atoms. The summed E-state index contributed by atoms with van der Waals surface area (Å²) < 4.78 is 0. The molecule has 134 valence electrons. The lowest BCUT2D eigenvalue weighted by Gasteiger charge is -2.57. The number of hydrogen-bond donors (Lipinski definition) is 2. The third-order valence-corrected chi connectivity index (χ3v) is 6.62. The molecule has 4 nitrogen and oxygen atoms in total. The zero-order valence-electron chi connectivity index (χ0n) is 15.2. The number of carbonyl (C=O) groups is 2. The molecule has 2 amide bonds. The third-order valence-electron chi connectivity index (χ3n) is 6.62. The quantitative estimate of drug-likeness (QED) is 0.879. The van der Waals surface area contributed by atoms with Crippen LogP contribution in [0.25, 0.3) is 0 Å². The fourth-order valence-electron chi connectivity index (χ4n) is 5.99. The number of carbonyl (C=O) groups excluding carboxylic acids is 2. The molecule has 0 spiro atoms. The van der Waals surface area contributed by atoms with Gasteiger partial charge in [0.05, 0.1) is 0 Å². The van der Waals surface area contributed by atoms with Crippen molar-refractivity contribution in [3.05, 3.63) is 29.8 Å². The van der Waals surface area contributed by atoms with Crippen LogP contribution in [-0.4, -0.2) is 17.9 Å². The Morgan fingerprint density at radius 1 is 1.00 bits per heavy atom. The van der Waals surface area contributed by atoms with Gasteiger partial charge < -0.3 is 10.6 Å². The Balaban J connectivity index is 1.46. The molecule has 0 saturated heterocycles. The van der Waals surface area contributed by atoms with Crippen LogP contribution in [-0.2, 0) is 15.0 Å². The molecule has 4 aliphatic rings. The van der Waals surface area contributed by atoms with E-state index in [1.54, 1.807) is 6.92 Å². The highest BCUT2D eigenvalue weighted by atomic mass is 16.2. The van der Waals surface area contributed by atoms with Crippen molar-refractivity contribution in [2.45, 2.75) is 63.8 Å². The summed E-state index contributed by atoms with van der Waals surface area (Å²) in [5.41, 5.74) is 2.65. The lowest BCUT2D eigenvalue weighted by Crippen LogP contribution is -2.48. The van der Waals surface area contributed by atoms with Gasteiger partial charge in [0.25, 0.3) is 0 Å². The molecule has 0 heterocycles. The van der Waals surface area contributed by atoms with Crippen molar-refractivity contribution in [1.29, 1.82) is 0 Å². The van der Waals surface area contributed by atoms with E-state index in [4.69, 9.17) is 0 Å². The van der Waals surface area contributed by atoms with Gasteiger partial charge in [-0.2, -0.15) is 0 Å². The van der Waals surface area contributed by atoms with Crippen molar-refractivity contribution >= 4 is 17.5 Å². The highest BCUT2D eigenvalue weighted by Crippen LogP contribution is 2.60. The van der Waals surface area contributed by atoms with Crippen LogP contribution in [0.4, 0.5) is 5.69 Å². The topological polar surface area (TPSA) is 58.2 Å². The Morgan fingerprint density at radius 3 is 2.00 bits per heavy atom. The average Bonchev–Trinajstić information content (AvgIpc) is 2.53. The van der Waals surface area contributed by atoms with Gasteiger partial charge in [0, 0.05) is 12.6 Å². The summed E-state index contributed by atoms with van der Waals surface area (Å²) in [6.07, 6.45) is 8.41. The highest BCUT2D eigenvalue weighted by Gasteiger charge is 2.51. The number of anilines is 1. The summed E-state index contributed by atoms with van der Waals surface area (Å²) >= 11 is 0. The van der Waals surface area contributed by atoms with Crippen LogP contribution in [0.5, 0.6) is 0 Å². The van der Waals surface area contributed by atoms with Crippen LogP contribution < -0.4 is 10.6 Å². The minimum atomic E-state index is -0.527. The van der Waals surface area contributed by atoms with E-state index in [1.807, 2.05) is 12.1 Å². The Morgan fingerprint density at radius 2 is 1.52 bits per heavy atom. The maximum atomic E-state index is 12.1. The number of rotatable bonds is 4. The SMILES string of the molecule is CC(=O)N[C@H](C)C(=O)Nc1ccc(C23CC4CC(CC(C4)C2)C3)cc1. The predicted octanol–water partition coefficient (Wildman–Crippen LogP) is 3.62. The number of hydrogen-bond acceptors (Lipinski definition) is 2. The zero-order valence-corrected chi connectivity index (χ0v) is 15.2. The number of benzene rings is 1. The van der Waals surface area contributed by atoms with Crippen molar-refractivity contribution in [3.8, 4) is 0 Å². The number of nitrogens with one attached hydrogen (secondary N) is 2. The summed E-state index contributed by atoms with van der Waals surface area (Å²) in [6.45, 7) is 3.12. The molecule has 5 rings (SSSR count). The molecule has 0 aliphatic heterocycles. The minimum absolute atomic E-state index is 0.183. The van der Waals surface area contributed by atoms with E-state index >= 15 is 0 Å². The van der Waals surface area contributed by atoms with E-state index in [-0.39, 0.29) is 11.8 Å². The van der Waals surface area contributed by atoms with Crippen molar-refractivity contribution < 1.29 is 9.59 Å². The summed E-state index contributed by atoms with van der Waals surface area (Å²) in [5.74, 6) is 2.43. The maximum absolute atomic E-state index is 12.1. The molecule has 25 heavy (non-hydrogen) atoms. The fraction of sp³-hybridized carbons (Fsp3) is 0.619. The first kappa shape index (κ1) is 16.6. The van der Waals surface area contributed by atoms with Gasteiger partial charge >= 0.3 is 0 Å². The second kappa shape index (κ2) is 6.15. The summed E-state index contributed by atoms with van der Waals surface area (Å²) in [4.78, 5) is 23.2. The standard InChI is InChI=1S/C21H28N2O2/c1-13(22-14(2)24)20(25)23-19-5-3-18(4-6-19)21-10-15-7-16(11-21)9-17(8-15)12-21/h3-6,13,15-17H,7-12H2,1-2H3,(H,22,24)(H,23,25)/t13-,15?,16?,17?,21?/m1/s1. The Hall–Kier alpha value is -1.84. The van der Waals surface area contributed by atoms with Gasteiger partial charge in [-0.1, -0.05) is 12.1 Å². The normalized spacial score (nSPS) is 33.8. The lowest BCUT2D eigenvalue weighted by molar-refractivity contribution is -0.124. The summed E-state index contributed by atoms with van der Waals surface area (Å²) in [7, 11) is 0. The Kier molecular flexibility index (Phi) is 4.09. The van der Waals surface area contributed by atoms with E-state index in [0.717, 1.165) is 23.4 Å². The maximum Gasteiger partial charge on any atom is 0.246 e. The third kappa shape index (κ3) is 3.19. The molecule has 0 unspecified atom stereocenters. The smallest absolute Gasteiger partial charge is 0.246 e. The van der Waals surface area contributed by atoms with Crippen LogP contribution in [0.1, 0.15) is 57.9 Å². The molecule has 4 saturated carbocycles. The first-order valence-electron chi connectivity index (χ1n) is 9.62.